The van der Waals surface area contributed by atoms with Gasteiger partial charge in [0.1, 0.15) is 5.75 Å². The molecule has 0 amide bonds. The minimum absolute atomic E-state index is 0.278. The maximum Gasteiger partial charge on any atom is 0.194 e. The van der Waals surface area contributed by atoms with Gasteiger partial charge in [0, 0.05) is 31.4 Å². The normalized spacial score (nSPS) is 12.8. The molecule has 25 heavy (non-hydrogen) atoms. The number of methoxy groups -OCH3 is 1. The molecular weight excluding hydrogens is 332 g/mol. The van der Waals surface area contributed by atoms with Crippen LogP contribution in [0.15, 0.2) is 34.6 Å². The number of nitrogens with one attached hydrogen (secondary N) is 1. The highest BCUT2D eigenvalue weighted by Gasteiger charge is 2.13. The molecule has 0 radical (unpaired) electrons. The highest BCUT2D eigenvalue weighted by atomic mass is 32.1. The van der Waals surface area contributed by atoms with Crippen LogP contribution < -0.4 is 10.1 Å². The molecule has 0 saturated carbocycles. The zero-order valence-corrected chi connectivity index (χ0v) is 16.6. The summed E-state index contributed by atoms with van der Waals surface area (Å²) in [6.07, 6.45) is 0. The third-order valence-corrected chi connectivity index (χ3v) is 4.77. The van der Waals surface area contributed by atoms with Gasteiger partial charge < -0.3 is 15.0 Å². The van der Waals surface area contributed by atoms with Crippen molar-refractivity contribution < 1.29 is 4.74 Å². The molecule has 1 N–H and O–H groups in total. The van der Waals surface area contributed by atoms with Gasteiger partial charge in [-0.15, -0.1) is 11.3 Å². The Morgan fingerprint density at radius 3 is 2.80 bits per heavy atom. The second kappa shape index (κ2) is 9.42. The second-order valence-corrected chi connectivity index (χ2v) is 7.11. The minimum Gasteiger partial charge on any atom is -0.496 e. The molecule has 2 rings (SSSR count). The lowest BCUT2D eigenvalue weighted by molar-refractivity contribution is 0.406. The number of aromatic nitrogens is 1. The fraction of sp³-hybridized carbons (Fsp3) is 0.474. The highest BCUT2D eigenvalue weighted by Crippen LogP contribution is 2.26. The molecule has 1 aromatic heterocycles. The van der Waals surface area contributed by atoms with Gasteiger partial charge in [0.15, 0.2) is 5.96 Å². The summed E-state index contributed by atoms with van der Waals surface area (Å²) in [7, 11) is 3.76. The number of rotatable bonds is 7. The summed E-state index contributed by atoms with van der Waals surface area (Å²) in [6.45, 7) is 8.57. The van der Waals surface area contributed by atoms with E-state index in [1.807, 2.05) is 32.2 Å². The van der Waals surface area contributed by atoms with Crippen molar-refractivity contribution in [2.75, 3.05) is 27.2 Å². The smallest absolute Gasteiger partial charge is 0.194 e. The summed E-state index contributed by atoms with van der Waals surface area (Å²) in [4.78, 5) is 11.5. The number of nitrogens with zero attached hydrogens (tertiary/aromatic N) is 3. The van der Waals surface area contributed by atoms with Crippen LogP contribution in [0.4, 0.5) is 0 Å². The standard InChI is InChI=1S/C19H28N4OS/c1-6-20-19(23(4)12-16-13-25-15(3)22-16)21-11-14(2)17-9-7-8-10-18(17)24-5/h7-10,13-14H,6,11-12H2,1-5H3,(H,20,21). The summed E-state index contributed by atoms with van der Waals surface area (Å²) in [6, 6.07) is 8.14. The monoisotopic (exact) mass is 360 g/mol. The van der Waals surface area contributed by atoms with Crippen LogP contribution in [-0.2, 0) is 6.54 Å². The fourth-order valence-electron chi connectivity index (χ4n) is 2.66. The summed E-state index contributed by atoms with van der Waals surface area (Å²) in [5, 5.41) is 6.56. The topological polar surface area (TPSA) is 49.8 Å². The molecule has 6 heteroatoms. The van der Waals surface area contributed by atoms with Gasteiger partial charge in [-0.2, -0.15) is 0 Å². The Hall–Kier alpha value is -2.08. The Balaban J connectivity index is 2.07. The number of hydrogen-bond donors (Lipinski definition) is 1. The lowest BCUT2D eigenvalue weighted by Crippen LogP contribution is -2.38. The molecule has 1 atom stereocenters. The third-order valence-electron chi connectivity index (χ3n) is 3.95. The lowest BCUT2D eigenvalue weighted by atomic mass is 10.0. The second-order valence-electron chi connectivity index (χ2n) is 6.05. The van der Waals surface area contributed by atoms with Gasteiger partial charge in [0.25, 0.3) is 0 Å². The van der Waals surface area contributed by atoms with E-state index < -0.39 is 0 Å². The van der Waals surface area contributed by atoms with E-state index in [-0.39, 0.29) is 5.92 Å². The Morgan fingerprint density at radius 1 is 1.40 bits per heavy atom. The number of aliphatic imine (C=N–C) groups is 1. The van der Waals surface area contributed by atoms with Crippen LogP contribution in [0.5, 0.6) is 5.75 Å². The Kier molecular flexibility index (Phi) is 7.25. The molecule has 0 aliphatic heterocycles. The fourth-order valence-corrected chi connectivity index (χ4v) is 3.27. The first kappa shape index (κ1) is 19.2. The molecule has 5 nitrogen and oxygen atoms in total. The lowest BCUT2D eigenvalue weighted by Gasteiger charge is -2.22. The molecule has 1 aromatic carbocycles. The Bertz CT molecular complexity index is 698. The molecular formula is C19H28N4OS. The zero-order chi connectivity index (χ0) is 18.2. The SMILES string of the molecule is CCNC(=NCC(C)c1ccccc1OC)N(C)Cc1csc(C)n1. The number of aryl methyl sites for hydroxylation is 1. The molecule has 0 saturated heterocycles. The van der Waals surface area contributed by atoms with Crippen LogP contribution in [0.2, 0.25) is 0 Å². The van der Waals surface area contributed by atoms with E-state index in [4.69, 9.17) is 9.73 Å². The number of benzene rings is 1. The minimum atomic E-state index is 0.278. The molecule has 0 bridgehead atoms. The molecule has 2 aromatic rings. The first-order valence-electron chi connectivity index (χ1n) is 8.58. The number of para-hydroxylation sites is 1. The Morgan fingerprint density at radius 2 is 2.16 bits per heavy atom. The predicted molar refractivity (Wildman–Crippen MR) is 106 cm³/mol. The molecule has 0 aliphatic rings. The first-order valence-corrected chi connectivity index (χ1v) is 9.46. The van der Waals surface area contributed by atoms with Crippen molar-refractivity contribution in [3.63, 3.8) is 0 Å². The molecule has 0 aliphatic carbocycles. The van der Waals surface area contributed by atoms with Gasteiger partial charge in [0.2, 0.25) is 0 Å². The van der Waals surface area contributed by atoms with E-state index >= 15 is 0 Å². The predicted octanol–water partition coefficient (Wildman–Crippen LogP) is 3.66. The van der Waals surface area contributed by atoms with Gasteiger partial charge in [-0.05, 0) is 25.5 Å². The number of hydrogen-bond acceptors (Lipinski definition) is 4. The summed E-state index contributed by atoms with van der Waals surface area (Å²) in [5.74, 6) is 2.09. The number of guanidine groups is 1. The maximum atomic E-state index is 5.47. The van der Waals surface area contributed by atoms with Crippen LogP contribution >= 0.6 is 11.3 Å². The van der Waals surface area contributed by atoms with Crippen molar-refractivity contribution in [2.45, 2.75) is 33.2 Å². The van der Waals surface area contributed by atoms with Crippen molar-refractivity contribution in [3.8, 4) is 5.75 Å². The van der Waals surface area contributed by atoms with Gasteiger partial charge >= 0.3 is 0 Å². The van der Waals surface area contributed by atoms with Gasteiger partial charge in [-0.3, -0.25) is 4.99 Å². The van der Waals surface area contributed by atoms with Crippen molar-refractivity contribution in [1.82, 2.24) is 15.2 Å². The Labute approximate surface area is 154 Å². The van der Waals surface area contributed by atoms with Gasteiger partial charge in [0.05, 0.1) is 24.4 Å². The van der Waals surface area contributed by atoms with Crippen molar-refractivity contribution >= 4 is 17.3 Å². The van der Waals surface area contributed by atoms with Crippen LogP contribution in [0, 0.1) is 6.92 Å². The summed E-state index contributed by atoms with van der Waals surface area (Å²) < 4.78 is 5.47. The molecule has 1 heterocycles. The summed E-state index contributed by atoms with van der Waals surface area (Å²) in [5.41, 5.74) is 2.26. The molecule has 136 valence electrons. The van der Waals surface area contributed by atoms with E-state index in [1.165, 1.54) is 5.56 Å². The molecule has 0 spiro atoms. The quantitative estimate of drug-likeness (QED) is 0.605. The maximum absolute atomic E-state index is 5.47. The van der Waals surface area contributed by atoms with Crippen LogP contribution in [0.1, 0.15) is 36.0 Å². The number of thiazole rings is 1. The van der Waals surface area contributed by atoms with Crippen LogP contribution in [-0.4, -0.2) is 43.1 Å². The third kappa shape index (κ3) is 5.46. The van der Waals surface area contributed by atoms with E-state index in [1.54, 1.807) is 18.4 Å². The molecule has 0 fully saturated rings. The highest BCUT2D eigenvalue weighted by molar-refractivity contribution is 7.09. The largest absolute Gasteiger partial charge is 0.496 e. The average Bonchev–Trinajstić information content (AvgIpc) is 3.02. The average molecular weight is 361 g/mol. The first-order chi connectivity index (χ1) is 12.0. The van der Waals surface area contributed by atoms with E-state index in [9.17, 15) is 0 Å². The van der Waals surface area contributed by atoms with Crippen molar-refractivity contribution in [3.05, 3.63) is 45.9 Å². The zero-order valence-electron chi connectivity index (χ0n) is 15.7. The van der Waals surface area contributed by atoms with Crippen LogP contribution in [0.25, 0.3) is 0 Å². The van der Waals surface area contributed by atoms with E-state index in [0.29, 0.717) is 6.54 Å². The number of ether oxygens (including phenoxy) is 1. The molecule has 1 unspecified atom stereocenters. The van der Waals surface area contributed by atoms with Crippen molar-refractivity contribution in [1.29, 1.82) is 0 Å². The van der Waals surface area contributed by atoms with E-state index in [0.717, 1.165) is 35.5 Å². The van der Waals surface area contributed by atoms with Crippen LogP contribution in [0.3, 0.4) is 0 Å². The van der Waals surface area contributed by atoms with E-state index in [2.05, 4.69) is 40.5 Å². The summed E-state index contributed by atoms with van der Waals surface area (Å²) >= 11 is 1.68. The van der Waals surface area contributed by atoms with Gasteiger partial charge in [-0.25, -0.2) is 4.98 Å². The van der Waals surface area contributed by atoms with Crippen molar-refractivity contribution in [2.24, 2.45) is 4.99 Å². The van der Waals surface area contributed by atoms with Gasteiger partial charge in [-0.1, -0.05) is 25.1 Å².